The number of carbonyl (C=O) groups excluding carboxylic acids is 3. The Hall–Kier alpha value is -2.62. The van der Waals surface area contributed by atoms with E-state index in [2.05, 4.69) is 10.6 Å². The molecule has 0 aliphatic carbocycles. The second-order valence-electron chi connectivity index (χ2n) is 6.81. The Balaban J connectivity index is 2.08. The van der Waals surface area contributed by atoms with Gasteiger partial charge in [0.25, 0.3) is 0 Å². The molecule has 2 rings (SSSR count). The van der Waals surface area contributed by atoms with Gasteiger partial charge in [-0.3, -0.25) is 14.4 Å². The maximum Gasteiger partial charge on any atom is 0.391 e. The Morgan fingerprint density at radius 3 is 2.57 bits per heavy atom. The Bertz CT molecular complexity index is 754. The van der Waals surface area contributed by atoms with Gasteiger partial charge in [0, 0.05) is 13.6 Å². The van der Waals surface area contributed by atoms with Crippen LogP contribution in [0.2, 0.25) is 0 Å². The fourth-order valence-electron chi connectivity index (χ4n) is 2.93. The molecule has 154 valence electrons. The van der Waals surface area contributed by atoms with Gasteiger partial charge < -0.3 is 21.3 Å². The van der Waals surface area contributed by atoms with Crippen LogP contribution in [0.3, 0.4) is 0 Å². The second-order valence-corrected chi connectivity index (χ2v) is 6.81. The number of nitrogens with two attached hydrogens (primary N) is 1. The minimum absolute atomic E-state index is 0.314. The van der Waals surface area contributed by atoms with Crippen molar-refractivity contribution in [2.24, 2.45) is 5.73 Å². The number of benzene rings is 1. The van der Waals surface area contributed by atoms with Crippen LogP contribution in [0.5, 0.6) is 0 Å². The highest BCUT2D eigenvalue weighted by molar-refractivity contribution is 5.93. The molecule has 1 aromatic carbocycles. The first-order chi connectivity index (χ1) is 13.0. The molecule has 0 saturated heterocycles. The van der Waals surface area contributed by atoms with E-state index in [1.165, 1.54) is 11.8 Å². The zero-order valence-corrected chi connectivity index (χ0v) is 15.5. The van der Waals surface area contributed by atoms with Crippen molar-refractivity contribution in [2.45, 2.75) is 44.1 Å². The average molecular weight is 400 g/mol. The van der Waals surface area contributed by atoms with E-state index in [0.29, 0.717) is 18.5 Å². The Morgan fingerprint density at radius 1 is 1.29 bits per heavy atom. The molecule has 0 fully saturated rings. The molecule has 1 aliphatic rings. The maximum atomic E-state index is 12.6. The fraction of sp³-hybridized carbons (Fsp3) is 0.500. The van der Waals surface area contributed by atoms with Crippen LogP contribution in [-0.4, -0.2) is 54.5 Å². The highest BCUT2D eigenvalue weighted by Crippen LogP contribution is 2.24. The Kier molecular flexibility index (Phi) is 6.65. The van der Waals surface area contributed by atoms with E-state index in [4.69, 9.17) is 5.73 Å². The summed E-state index contributed by atoms with van der Waals surface area (Å²) >= 11 is 0. The van der Waals surface area contributed by atoms with Gasteiger partial charge in [0.2, 0.25) is 17.7 Å². The number of hydrogen-bond acceptors (Lipinski definition) is 4. The average Bonchev–Trinajstić information content (AvgIpc) is 2.72. The number of hydrogen-bond donors (Lipinski definition) is 3. The van der Waals surface area contributed by atoms with Crippen molar-refractivity contribution in [3.05, 3.63) is 35.4 Å². The zero-order chi connectivity index (χ0) is 21.1. The molecule has 1 aromatic rings. The van der Waals surface area contributed by atoms with E-state index in [1.807, 2.05) is 12.1 Å². The Labute approximate surface area is 160 Å². The third kappa shape index (κ3) is 5.44. The molecule has 7 nitrogen and oxygen atoms in total. The van der Waals surface area contributed by atoms with Crippen LogP contribution in [-0.2, 0) is 20.8 Å². The van der Waals surface area contributed by atoms with E-state index in [1.54, 1.807) is 19.2 Å². The van der Waals surface area contributed by atoms with Crippen LogP contribution in [0.15, 0.2) is 24.3 Å². The molecule has 1 aliphatic heterocycles. The van der Waals surface area contributed by atoms with Crippen LogP contribution in [0.25, 0.3) is 0 Å². The molecule has 0 bridgehead atoms. The first-order valence-electron chi connectivity index (χ1n) is 8.75. The van der Waals surface area contributed by atoms with Gasteiger partial charge in [-0.05, 0) is 24.5 Å². The molecular formula is C18H23F3N4O3. The van der Waals surface area contributed by atoms with Gasteiger partial charge in [-0.2, -0.15) is 13.2 Å². The second kappa shape index (κ2) is 8.59. The van der Waals surface area contributed by atoms with Crippen molar-refractivity contribution in [1.82, 2.24) is 15.5 Å². The number of rotatable bonds is 5. The Morgan fingerprint density at radius 2 is 1.93 bits per heavy atom. The van der Waals surface area contributed by atoms with E-state index in [9.17, 15) is 27.6 Å². The third-order valence-electron chi connectivity index (χ3n) is 4.53. The van der Waals surface area contributed by atoms with Gasteiger partial charge >= 0.3 is 6.18 Å². The number of fused-ring (bicyclic) bond motifs is 1. The number of likely N-dealkylation sites (N-methyl/N-ethyl adjacent to an activating group) is 1. The van der Waals surface area contributed by atoms with Gasteiger partial charge in [-0.25, -0.2) is 0 Å². The zero-order valence-electron chi connectivity index (χ0n) is 15.5. The van der Waals surface area contributed by atoms with Crippen molar-refractivity contribution >= 4 is 17.7 Å². The fourth-order valence-corrected chi connectivity index (χ4v) is 2.93. The molecule has 0 radical (unpaired) electrons. The molecule has 1 unspecified atom stereocenters. The molecule has 4 N–H and O–H groups in total. The van der Waals surface area contributed by atoms with Crippen LogP contribution in [0.4, 0.5) is 13.2 Å². The summed E-state index contributed by atoms with van der Waals surface area (Å²) in [4.78, 5) is 38.4. The number of alkyl halides is 3. The van der Waals surface area contributed by atoms with Crippen molar-refractivity contribution in [3.63, 3.8) is 0 Å². The molecule has 3 atom stereocenters. The van der Waals surface area contributed by atoms with Gasteiger partial charge in [-0.1, -0.05) is 24.3 Å². The molecule has 3 amide bonds. The van der Waals surface area contributed by atoms with Gasteiger partial charge in [0.05, 0.1) is 12.5 Å². The summed E-state index contributed by atoms with van der Waals surface area (Å²) in [6.07, 6.45) is -5.46. The number of carbonyl (C=O) groups is 3. The predicted molar refractivity (Wildman–Crippen MR) is 94.9 cm³/mol. The lowest BCUT2D eigenvalue weighted by atomic mass is 9.99. The monoisotopic (exact) mass is 400 g/mol. The summed E-state index contributed by atoms with van der Waals surface area (Å²) in [5.41, 5.74) is 6.80. The largest absolute Gasteiger partial charge is 0.391 e. The van der Waals surface area contributed by atoms with Crippen LogP contribution >= 0.6 is 0 Å². The molecule has 28 heavy (non-hydrogen) atoms. The minimum Gasteiger partial charge on any atom is -0.343 e. The normalized spacial score (nSPS) is 19.3. The quantitative estimate of drug-likeness (QED) is 0.675. The lowest BCUT2D eigenvalue weighted by Crippen LogP contribution is -2.52. The summed E-state index contributed by atoms with van der Waals surface area (Å²) in [5, 5.41) is 4.74. The highest BCUT2D eigenvalue weighted by atomic mass is 19.4. The SMILES string of the molecule is C[C@H](NC(=O)C(N)CC(F)(F)F)C(=O)N[C@@H]1C(=O)N(C)CCc2ccccc21. The number of nitrogens with zero attached hydrogens (tertiary/aromatic N) is 1. The van der Waals surface area contributed by atoms with Crippen molar-refractivity contribution in [3.8, 4) is 0 Å². The number of amides is 3. The predicted octanol–water partition coefficient (Wildman–Crippen LogP) is 0.643. The summed E-state index contributed by atoms with van der Waals surface area (Å²) in [6, 6.07) is 3.25. The van der Waals surface area contributed by atoms with E-state index < -0.39 is 42.5 Å². The summed E-state index contributed by atoms with van der Waals surface area (Å²) < 4.78 is 37.0. The number of nitrogens with one attached hydrogen (secondary N) is 2. The molecule has 0 spiro atoms. The summed E-state index contributed by atoms with van der Waals surface area (Å²) in [5.74, 6) is -2.11. The minimum atomic E-state index is -4.59. The standard InChI is InChI=1S/C18H23F3N4O3/c1-10(23-16(27)13(22)9-18(19,20)21)15(26)24-14-12-6-4-3-5-11(12)7-8-25(2)17(14)28/h3-6,10,13-14H,7-9,22H2,1-2H3,(H,23,27)(H,24,26)/t10-,13?,14-/m0/s1. The van der Waals surface area contributed by atoms with Crippen LogP contribution in [0, 0.1) is 0 Å². The molecule has 10 heteroatoms. The van der Waals surface area contributed by atoms with E-state index in [-0.39, 0.29) is 5.91 Å². The first-order valence-corrected chi connectivity index (χ1v) is 8.75. The lowest BCUT2D eigenvalue weighted by Gasteiger charge is -2.24. The van der Waals surface area contributed by atoms with Gasteiger partial charge in [0.15, 0.2) is 0 Å². The van der Waals surface area contributed by atoms with Gasteiger partial charge in [0.1, 0.15) is 12.1 Å². The molecule has 0 saturated carbocycles. The van der Waals surface area contributed by atoms with Crippen LogP contribution in [0.1, 0.15) is 30.5 Å². The van der Waals surface area contributed by atoms with Crippen molar-refractivity contribution in [1.29, 1.82) is 0 Å². The van der Waals surface area contributed by atoms with Crippen LogP contribution < -0.4 is 16.4 Å². The lowest BCUT2D eigenvalue weighted by molar-refractivity contribution is -0.148. The number of halogens is 3. The first kappa shape index (κ1) is 21.7. The topological polar surface area (TPSA) is 105 Å². The van der Waals surface area contributed by atoms with Gasteiger partial charge in [-0.15, -0.1) is 0 Å². The third-order valence-corrected chi connectivity index (χ3v) is 4.53. The van der Waals surface area contributed by atoms with E-state index in [0.717, 1.165) is 5.56 Å². The van der Waals surface area contributed by atoms with Crippen molar-refractivity contribution in [2.75, 3.05) is 13.6 Å². The summed E-state index contributed by atoms with van der Waals surface area (Å²) in [6.45, 7) is 1.80. The summed E-state index contributed by atoms with van der Waals surface area (Å²) in [7, 11) is 1.62. The van der Waals surface area contributed by atoms with Crippen molar-refractivity contribution < 1.29 is 27.6 Å². The highest BCUT2D eigenvalue weighted by Gasteiger charge is 2.35. The molecule has 0 aromatic heterocycles. The molecule has 1 heterocycles. The van der Waals surface area contributed by atoms with E-state index >= 15 is 0 Å². The maximum absolute atomic E-state index is 12.6. The molecular weight excluding hydrogens is 377 g/mol. The smallest absolute Gasteiger partial charge is 0.343 e.